The van der Waals surface area contributed by atoms with Gasteiger partial charge >= 0.3 is 0 Å². The van der Waals surface area contributed by atoms with E-state index in [1.165, 1.54) is 17.0 Å². The molecule has 1 aromatic carbocycles. The molecule has 21 heavy (non-hydrogen) atoms. The normalized spacial score (nSPS) is 20.2. The highest BCUT2D eigenvalue weighted by atomic mass is 32.2. The fourth-order valence-electron chi connectivity index (χ4n) is 2.50. The zero-order valence-electron chi connectivity index (χ0n) is 12.1. The van der Waals surface area contributed by atoms with Crippen molar-refractivity contribution >= 4 is 21.4 Å². The van der Waals surface area contributed by atoms with Crippen LogP contribution in [0, 0.1) is 5.82 Å². The molecule has 1 aliphatic heterocycles. The van der Waals surface area contributed by atoms with Crippen molar-refractivity contribution in [3.63, 3.8) is 0 Å². The number of halogens is 1. The first kappa shape index (κ1) is 15.8. The number of para-hydroxylation sites is 1. The zero-order valence-corrected chi connectivity index (χ0v) is 12.9. The second-order valence-corrected chi connectivity index (χ2v) is 7.39. The molecule has 1 aromatic rings. The number of anilines is 1. The lowest BCUT2D eigenvalue weighted by Gasteiger charge is -2.24. The van der Waals surface area contributed by atoms with Crippen LogP contribution in [0.4, 0.5) is 10.1 Å². The first-order valence-corrected chi connectivity index (χ1v) is 8.68. The summed E-state index contributed by atoms with van der Waals surface area (Å²) < 4.78 is 36.9. The van der Waals surface area contributed by atoms with E-state index >= 15 is 0 Å². The standard InChI is InChI=1S/C14H19FN2O3S/c1-3-16-13-11(5-4-6-12(13)15)14(18)17(2)10-7-8-21(19,20)9-10/h4-6,10,16H,3,7-9H2,1-2H3. The summed E-state index contributed by atoms with van der Waals surface area (Å²) in [6.45, 7) is 2.30. The predicted octanol–water partition coefficient (Wildman–Crippen LogP) is 1.52. The Bertz CT molecular complexity index is 646. The van der Waals surface area contributed by atoms with Crippen molar-refractivity contribution in [3.05, 3.63) is 29.6 Å². The van der Waals surface area contributed by atoms with Crippen molar-refractivity contribution < 1.29 is 17.6 Å². The van der Waals surface area contributed by atoms with Crippen LogP contribution in [0.15, 0.2) is 18.2 Å². The Morgan fingerprint density at radius 2 is 2.19 bits per heavy atom. The second-order valence-electron chi connectivity index (χ2n) is 5.17. The largest absolute Gasteiger partial charge is 0.382 e. The van der Waals surface area contributed by atoms with Crippen LogP contribution in [-0.2, 0) is 9.84 Å². The molecule has 116 valence electrons. The van der Waals surface area contributed by atoms with Crippen molar-refractivity contribution in [3.8, 4) is 0 Å². The maximum Gasteiger partial charge on any atom is 0.256 e. The van der Waals surface area contributed by atoms with Gasteiger partial charge in [-0.25, -0.2) is 12.8 Å². The molecule has 1 aliphatic rings. The van der Waals surface area contributed by atoms with E-state index in [1.54, 1.807) is 13.1 Å². The van der Waals surface area contributed by atoms with Gasteiger partial charge in [0.05, 0.1) is 22.8 Å². The second kappa shape index (κ2) is 6.01. The van der Waals surface area contributed by atoms with Crippen LogP contribution in [0.1, 0.15) is 23.7 Å². The molecular weight excluding hydrogens is 295 g/mol. The number of rotatable bonds is 4. The van der Waals surface area contributed by atoms with Crippen LogP contribution in [0.5, 0.6) is 0 Å². The summed E-state index contributed by atoms with van der Waals surface area (Å²) in [4.78, 5) is 13.9. The summed E-state index contributed by atoms with van der Waals surface area (Å²) in [6, 6.07) is 3.96. The van der Waals surface area contributed by atoms with Crippen molar-refractivity contribution in [2.45, 2.75) is 19.4 Å². The highest BCUT2D eigenvalue weighted by Crippen LogP contribution is 2.24. The van der Waals surface area contributed by atoms with Crippen LogP contribution in [-0.4, -0.2) is 50.4 Å². The Morgan fingerprint density at radius 1 is 1.48 bits per heavy atom. The lowest BCUT2D eigenvalue weighted by Crippen LogP contribution is -2.38. The maximum absolute atomic E-state index is 13.8. The third-order valence-corrected chi connectivity index (χ3v) is 5.42. The molecule has 1 N–H and O–H groups in total. The minimum atomic E-state index is -3.07. The van der Waals surface area contributed by atoms with Gasteiger partial charge in [0.25, 0.3) is 5.91 Å². The zero-order chi connectivity index (χ0) is 15.6. The van der Waals surface area contributed by atoms with Gasteiger partial charge in [-0.15, -0.1) is 0 Å². The molecule has 0 bridgehead atoms. The molecule has 0 spiro atoms. The van der Waals surface area contributed by atoms with Crippen LogP contribution in [0.25, 0.3) is 0 Å². The minimum Gasteiger partial charge on any atom is -0.382 e. The molecule has 0 aromatic heterocycles. The lowest BCUT2D eigenvalue weighted by atomic mass is 10.1. The first-order chi connectivity index (χ1) is 9.85. The maximum atomic E-state index is 13.8. The SMILES string of the molecule is CCNc1c(F)cccc1C(=O)N(C)C1CCS(=O)(=O)C1. The summed E-state index contributed by atoms with van der Waals surface area (Å²) in [6.07, 6.45) is 0.427. The van der Waals surface area contributed by atoms with Gasteiger partial charge in [0.2, 0.25) is 0 Å². The number of nitrogens with one attached hydrogen (secondary N) is 1. The molecule has 0 radical (unpaired) electrons. The van der Waals surface area contributed by atoms with Gasteiger partial charge in [0.1, 0.15) is 5.82 Å². The van der Waals surface area contributed by atoms with E-state index in [-0.39, 0.29) is 34.7 Å². The summed E-state index contributed by atoms with van der Waals surface area (Å²) >= 11 is 0. The molecule has 1 unspecified atom stereocenters. The van der Waals surface area contributed by atoms with Crippen LogP contribution >= 0.6 is 0 Å². The van der Waals surface area contributed by atoms with Crippen molar-refractivity contribution in [1.82, 2.24) is 4.90 Å². The smallest absolute Gasteiger partial charge is 0.256 e. The molecule has 1 fully saturated rings. The molecule has 5 nitrogen and oxygen atoms in total. The van der Waals surface area contributed by atoms with Gasteiger partial charge in [0, 0.05) is 19.6 Å². The number of amides is 1. The minimum absolute atomic E-state index is 0.0267. The van der Waals surface area contributed by atoms with Gasteiger partial charge in [-0.1, -0.05) is 6.07 Å². The Balaban J connectivity index is 2.26. The summed E-state index contributed by atoms with van der Waals surface area (Å²) in [5.41, 5.74) is 0.390. The topological polar surface area (TPSA) is 66.5 Å². The number of carbonyl (C=O) groups is 1. The number of carbonyl (C=O) groups excluding carboxylic acids is 1. The summed E-state index contributed by atoms with van der Waals surface area (Å²) in [7, 11) is -1.50. The molecule has 1 heterocycles. The van der Waals surface area contributed by atoms with E-state index < -0.39 is 15.7 Å². The van der Waals surface area contributed by atoms with Gasteiger partial charge in [0.15, 0.2) is 9.84 Å². The average molecular weight is 314 g/mol. The van der Waals surface area contributed by atoms with E-state index in [9.17, 15) is 17.6 Å². The Labute approximate surface area is 124 Å². The van der Waals surface area contributed by atoms with Crippen molar-refractivity contribution in [1.29, 1.82) is 0 Å². The number of hydrogen-bond acceptors (Lipinski definition) is 4. The van der Waals surface area contributed by atoms with Gasteiger partial charge in [-0.05, 0) is 25.5 Å². The fraction of sp³-hybridized carbons (Fsp3) is 0.500. The molecule has 0 saturated carbocycles. The quantitative estimate of drug-likeness (QED) is 0.915. The number of nitrogens with zero attached hydrogens (tertiary/aromatic N) is 1. The van der Waals surface area contributed by atoms with Gasteiger partial charge in [-0.3, -0.25) is 4.79 Å². The fourth-order valence-corrected chi connectivity index (χ4v) is 4.27. The van der Waals surface area contributed by atoms with Crippen molar-refractivity contribution in [2.75, 3.05) is 30.4 Å². The third kappa shape index (κ3) is 3.34. The Hall–Kier alpha value is -1.63. The molecule has 1 atom stereocenters. The van der Waals surface area contributed by atoms with Gasteiger partial charge < -0.3 is 10.2 Å². The highest BCUT2D eigenvalue weighted by molar-refractivity contribution is 7.91. The van der Waals surface area contributed by atoms with Crippen LogP contribution in [0.3, 0.4) is 0 Å². The van der Waals surface area contributed by atoms with Crippen molar-refractivity contribution in [2.24, 2.45) is 0 Å². The highest BCUT2D eigenvalue weighted by Gasteiger charge is 2.33. The Morgan fingerprint density at radius 3 is 2.76 bits per heavy atom. The number of benzene rings is 1. The lowest BCUT2D eigenvalue weighted by molar-refractivity contribution is 0.0748. The van der Waals surface area contributed by atoms with E-state index in [1.807, 2.05) is 6.92 Å². The van der Waals surface area contributed by atoms with Crippen LogP contribution in [0.2, 0.25) is 0 Å². The monoisotopic (exact) mass is 314 g/mol. The van der Waals surface area contributed by atoms with E-state index in [2.05, 4.69) is 5.32 Å². The third-order valence-electron chi connectivity index (χ3n) is 3.67. The molecule has 2 rings (SSSR count). The number of sulfone groups is 1. The van der Waals surface area contributed by atoms with Gasteiger partial charge in [-0.2, -0.15) is 0 Å². The van der Waals surface area contributed by atoms with E-state index in [4.69, 9.17) is 0 Å². The predicted molar refractivity (Wildman–Crippen MR) is 79.7 cm³/mol. The molecule has 1 amide bonds. The summed E-state index contributed by atoms with van der Waals surface area (Å²) in [5, 5.41) is 2.85. The molecular formula is C14H19FN2O3S. The summed E-state index contributed by atoms with van der Waals surface area (Å²) in [5.74, 6) is -0.790. The number of hydrogen-bond donors (Lipinski definition) is 1. The van der Waals surface area contributed by atoms with E-state index in [0.29, 0.717) is 13.0 Å². The molecule has 7 heteroatoms. The average Bonchev–Trinajstić information content (AvgIpc) is 2.80. The molecule has 0 aliphatic carbocycles. The first-order valence-electron chi connectivity index (χ1n) is 6.85. The van der Waals surface area contributed by atoms with E-state index in [0.717, 1.165) is 0 Å². The Kier molecular flexibility index (Phi) is 4.51. The molecule has 1 saturated heterocycles. The van der Waals surface area contributed by atoms with Crippen LogP contribution < -0.4 is 5.32 Å².